The van der Waals surface area contributed by atoms with E-state index < -0.39 is 9.84 Å². The lowest BCUT2D eigenvalue weighted by Crippen LogP contribution is -2.23. The van der Waals surface area contributed by atoms with Gasteiger partial charge in [0.2, 0.25) is 15.6 Å². The SMILES string of the molecule is N#Cc1cccc(S(=O)(=O)c2ccc(CNC(=O)c3cnc4nccn4c3)cc2)c1. The second kappa shape index (κ2) is 7.77. The van der Waals surface area contributed by atoms with Gasteiger partial charge in [0.15, 0.2) is 0 Å². The fourth-order valence-corrected chi connectivity index (χ4v) is 4.18. The summed E-state index contributed by atoms with van der Waals surface area (Å²) < 4.78 is 27.2. The summed E-state index contributed by atoms with van der Waals surface area (Å²) in [5, 5.41) is 11.8. The number of hydrogen-bond acceptors (Lipinski definition) is 6. The maximum atomic E-state index is 12.8. The molecule has 2 aromatic heterocycles. The lowest BCUT2D eigenvalue weighted by molar-refractivity contribution is 0.0950. The summed E-state index contributed by atoms with van der Waals surface area (Å²) in [5.74, 6) is 0.201. The number of fused-ring (bicyclic) bond motifs is 1. The smallest absolute Gasteiger partial charge is 0.254 e. The van der Waals surface area contributed by atoms with Crippen LogP contribution in [0.5, 0.6) is 0 Å². The number of sulfone groups is 1. The first-order chi connectivity index (χ1) is 14.5. The molecule has 0 unspecified atom stereocenters. The van der Waals surface area contributed by atoms with Gasteiger partial charge in [-0.15, -0.1) is 0 Å². The van der Waals surface area contributed by atoms with Gasteiger partial charge in [0.1, 0.15) is 0 Å². The number of aromatic nitrogens is 3. The van der Waals surface area contributed by atoms with Crippen molar-refractivity contribution in [2.45, 2.75) is 16.3 Å². The minimum Gasteiger partial charge on any atom is -0.348 e. The molecule has 2 heterocycles. The van der Waals surface area contributed by atoms with Crippen LogP contribution in [0.2, 0.25) is 0 Å². The highest BCUT2D eigenvalue weighted by atomic mass is 32.2. The van der Waals surface area contributed by atoms with Crippen LogP contribution >= 0.6 is 0 Å². The zero-order valence-corrected chi connectivity index (χ0v) is 16.4. The van der Waals surface area contributed by atoms with Crippen LogP contribution < -0.4 is 5.32 Å². The Hall–Kier alpha value is -4.03. The molecule has 0 atom stereocenters. The summed E-state index contributed by atoms with van der Waals surface area (Å²) in [6.07, 6.45) is 6.37. The molecule has 1 N–H and O–H groups in total. The van der Waals surface area contributed by atoms with Crippen molar-refractivity contribution in [1.29, 1.82) is 5.26 Å². The number of nitriles is 1. The Morgan fingerprint density at radius 1 is 1.10 bits per heavy atom. The molecule has 4 rings (SSSR count). The Morgan fingerprint density at radius 2 is 1.90 bits per heavy atom. The van der Waals surface area contributed by atoms with Gasteiger partial charge < -0.3 is 5.32 Å². The molecule has 9 heteroatoms. The maximum absolute atomic E-state index is 12.8. The number of imidazole rings is 1. The quantitative estimate of drug-likeness (QED) is 0.533. The molecular weight excluding hydrogens is 402 g/mol. The van der Waals surface area contributed by atoms with Crippen LogP contribution in [0.25, 0.3) is 5.78 Å². The lowest BCUT2D eigenvalue weighted by atomic mass is 10.2. The van der Waals surface area contributed by atoms with Gasteiger partial charge in [-0.25, -0.2) is 18.4 Å². The van der Waals surface area contributed by atoms with Gasteiger partial charge in [-0.1, -0.05) is 18.2 Å². The average Bonchev–Trinajstić information content (AvgIpc) is 3.25. The van der Waals surface area contributed by atoms with E-state index >= 15 is 0 Å². The van der Waals surface area contributed by atoms with E-state index in [1.165, 1.54) is 36.5 Å². The van der Waals surface area contributed by atoms with Crippen LogP contribution in [0.3, 0.4) is 0 Å². The third-order valence-electron chi connectivity index (χ3n) is 4.47. The Morgan fingerprint density at radius 3 is 2.67 bits per heavy atom. The van der Waals surface area contributed by atoms with Crippen molar-refractivity contribution in [2.75, 3.05) is 0 Å². The van der Waals surface area contributed by atoms with Crippen LogP contribution in [0.15, 0.2) is 83.1 Å². The van der Waals surface area contributed by atoms with E-state index in [9.17, 15) is 13.2 Å². The van der Waals surface area contributed by atoms with Crippen LogP contribution in [0.4, 0.5) is 0 Å². The molecular formula is C21H15N5O3S. The third kappa shape index (κ3) is 3.76. The number of benzene rings is 2. The summed E-state index contributed by atoms with van der Waals surface area (Å²) in [6, 6.07) is 14.0. The molecule has 30 heavy (non-hydrogen) atoms. The first-order valence-electron chi connectivity index (χ1n) is 8.88. The van der Waals surface area contributed by atoms with E-state index in [1.807, 2.05) is 6.07 Å². The second-order valence-corrected chi connectivity index (χ2v) is 8.40. The van der Waals surface area contributed by atoms with Crippen LogP contribution in [-0.4, -0.2) is 28.7 Å². The topological polar surface area (TPSA) is 117 Å². The van der Waals surface area contributed by atoms with Gasteiger partial charge in [-0.3, -0.25) is 9.20 Å². The maximum Gasteiger partial charge on any atom is 0.254 e. The summed E-state index contributed by atoms with van der Waals surface area (Å²) >= 11 is 0. The zero-order chi connectivity index (χ0) is 21.1. The zero-order valence-electron chi connectivity index (χ0n) is 15.6. The highest BCUT2D eigenvalue weighted by molar-refractivity contribution is 7.91. The first kappa shape index (κ1) is 19.3. The molecule has 0 spiro atoms. The van der Waals surface area contributed by atoms with Crippen molar-refractivity contribution in [3.63, 3.8) is 0 Å². The van der Waals surface area contributed by atoms with Crippen molar-refractivity contribution < 1.29 is 13.2 Å². The molecule has 1 amide bonds. The number of carbonyl (C=O) groups excluding carboxylic acids is 1. The summed E-state index contributed by atoms with van der Waals surface area (Å²) in [6.45, 7) is 0.227. The predicted molar refractivity (Wildman–Crippen MR) is 107 cm³/mol. The Labute approximate surface area is 172 Å². The predicted octanol–water partition coefficient (Wildman–Crippen LogP) is 2.36. The van der Waals surface area contributed by atoms with E-state index in [1.54, 1.807) is 41.2 Å². The highest BCUT2D eigenvalue weighted by Crippen LogP contribution is 2.22. The van der Waals surface area contributed by atoms with Crippen molar-refractivity contribution in [3.8, 4) is 6.07 Å². The highest BCUT2D eigenvalue weighted by Gasteiger charge is 2.18. The fraction of sp³-hybridized carbons (Fsp3) is 0.0476. The van der Waals surface area contributed by atoms with Crippen LogP contribution in [0, 0.1) is 11.3 Å². The van der Waals surface area contributed by atoms with Crippen LogP contribution in [-0.2, 0) is 16.4 Å². The molecule has 148 valence electrons. The summed E-state index contributed by atoms with van der Waals surface area (Å²) in [7, 11) is -3.73. The van der Waals surface area contributed by atoms with Crippen molar-refractivity contribution in [2.24, 2.45) is 0 Å². The van der Waals surface area contributed by atoms with Gasteiger partial charge in [0, 0.05) is 31.3 Å². The number of nitrogens with zero attached hydrogens (tertiary/aromatic N) is 4. The van der Waals surface area contributed by atoms with E-state index in [4.69, 9.17) is 5.26 Å². The Bertz CT molecular complexity index is 1390. The number of carbonyl (C=O) groups is 1. The van der Waals surface area contributed by atoms with Crippen molar-refractivity contribution in [3.05, 3.63) is 90.0 Å². The molecule has 0 aliphatic rings. The minimum absolute atomic E-state index is 0.0602. The normalized spacial score (nSPS) is 11.2. The molecule has 2 aromatic carbocycles. The monoisotopic (exact) mass is 417 g/mol. The number of rotatable bonds is 5. The molecule has 0 saturated heterocycles. The van der Waals surface area contributed by atoms with Crippen molar-refractivity contribution in [1.82, 2.24) is 19.7 Å². The van der Waals surface area contributed by atoms with E-state index in [0.717, 1.165) is 5.56 Å². The largest absolute Gasteiger partial charge is 0.348 e. The van der Waals surface area contributed by atoms with E-state index in [2.05, 4.69) is 15.3 Å². The van der Waals surface area contributed by atoms with Gasteiger partial charge in [-0.05, 0) is 35.9 Å². The number of hydrogen-bond donors (Lipinski definition) is 1. The summed E-state index contributed by atoms with van der Waals surface area (Å²) in [5.41, 5.74) is 1.40. The Balaban J connectivity index is 1.46. The van der Waals surface area contributed by atoms with Crippen molar-refractivity contribution >= 4 is 21.5 Å². The molecule has 0 bridgehead atoms. The third-order valence-corrected chi connectivity index (χ3v) is 6.24. The molecule has 0 radical (unpaired) electrons. The molecule has 0 fully saturated rings. The molecule has 0 saturated carbocycles. The molecule has 0 aliphatic heterocycles. The van der Waals surface area contributed by atoms with E-state index in [0.29, 0.717) is 11.3 Å². The lowest BCUT2D eigenvalue weighted by Gasteiger charge is -2.08. The standard InChI is InChI=1S/C21H15N5O3S/c22-11-16-2-1-3-19(10-16)30(28,29)18-6-4-15(5-7-18)12-24-20(27)17-13-25-21-23-8-9-26(21)14-17/h1-10,13-14H,12H2,(H,24,27). The molecule has 4 aromatic rings. The van der Waals surface area contributed by atoms with Gasteiger partial charge in [0.25, 0.3) is 5.91 Å². The van der Waals surface area contributed by atoms with Gasteiger partial charge in [0.05, 0.1) is 27.0 Å². The fourth-order valence-electron chi connectivity index (χ4n) is 2.87. The van der Waals surface area contributed by atoms with Crippen LogP contribution in [0.1, 0.15) is 21.5 Å². The average molecular weight is 417 g/mol. The number of amides is 1. The first-order valence-corrected chi connectivity index (χ1v) is 10.4. The Kier molecular flexibility index (Phi) is 5.00. The summed E-state index contributed by atoms with van der Waals surface area (Å²) in [4.78, 5) is 20.7. The number of nitrogens with one attached hydrogen (secondary N) is 1. The molecule has 0 aliphatic carbocycles. The van der Waals surface area contributed by atoms with Gasteiger partial charge in [-0.2, -0.15) is 5.26 Å². The molecule has 8 nitrogen and oxygen atoms in total. The van der Waals surface area contributed by atoms with E-state index in [-0.39, 0.29) is 27.8 Å². The second-order valence-electron chi connectivity index (χ2n) is 6.45. The van der Waals surface area contributed by atoms with Gasteiger partial charge >= 0.3 is 0 Å². The minimum atomic E-state index is -3.73.